The first-order valence-corrected chi connectivity index (χ1v) is 9.48. The van der Waals surface area contributed by atoms with Crippen LogP contribution in [0.3, 0.4) is 0 Å². The molecule has 1 saturated carbocycles. The summed E-state index contributed by atoms with van der Waals surface area (Å²) in [5.74, 6) is 0.0500. The Kier molecular flexibility index (Phi) is 5.34. The number of rotatable bonds is 4. The molecule has 23 heavy (non-hydrogen) atoms. The first kappa shape index (κ1) is 16.5. The van der Waals surface area contributed by atoms with E-state index in [2.05, 4.69) is 4.98 Å². The molecular formula is C18H21ClN2OS. The van der Waals surface area contributed by atoms with E-state index in [1.807, 2.05) is 41.5 Å². The Balaban J connectivity index is 1.81. The number of hydrogen-bond acceptors (Lipinski definition) is 3. The molecule has 1 aromatic heterocycles. The van der Waals surface area contributed by atoms with E-state index in [9.17, 15) is 4.79 Å². The summed E-state index contributed by atoms with van der Waals surface area (Å²) in [5.41, 5.74) is 1.43. The highest BCUT2D eigenvalue weighted by Gasteiger charge is 2.26. The lowest BCUT2D eigenvalue weighted by atomic mass is 9.94. The van der Waals surface area contributed by atoms with Gasteiger partial charge in [0.05, 0.1) is 5.02 Å². The predicted octanol–water partition coefficient (Wildman–Crippen LogP) is 5.26. The molecule has 1 aliphatic carbocycles. The van der Waals surface area contributed by atoms with Crippen LogP contribution < -0.4 is 0 Å². The Labute approximate surface area is 146 Å². The summed E-state index contributed by atoms with van der Waals surface area (Å²) in [5, 5.41) is 3.33. The number of aromatic nitrogens is 1. The highest BCUT2D eigenvalue weighted by atomic mass is 35.5. The highest BCUT2D eigenvalue weighted by Crippen LogP contribution is 2.31. The molecule has 1 heterocycles. The summed E-state index contributed by atoms with van der Waals surface area (Å²) in [7, 11) is 0. The molecule has 0 N–H and O–H groups in total. The molecule has 1 fully saturated rings. The van der Waals surface area contributed by atoms with Crippen LogP contribution >= 0.6 is 22.9 Å². The second-order valence-electron chi connectivity index (χ2n) is 5.90. The van der Waals surface area contributed by atoms with Crippen molar-refractivity contribution in [3.63, 3.8) is 0 Å². The van der Waals surface area contributed by atoms with Crippen LogP contribution in [0.5, 0.6) is 0 Å². The molecule has 1 aromatic carbocycles. The smallest absolute Gasteiger partial charge is 0.273 e. The molecule has 2 aromatic rings. The number of thiazole rings is 1. The Hall–Kier alpha value is -1.39. The average molecular weight is 349 g/mol. The number of nitrogens with zero attached hydrogens (tertiary/aromatic N) is 2. The van der Waals surface area contributed by atoms with E-state index in [0.717, 1.165) is 30.0 Å². The van der Waals surface area contributed by atoms with Gasteiger partial charge in [0.25, 0.3) is 5.91 Å². The van der Waals surface area contributed by atoms with Crippen LogP contribution in [0.4, 0.5) is 0 Å². The molecule has 0 unspecified atom stereocenters. The van der Waals surface area contributed by atoms with Gasteiger partial charge in [-0.2, -0.15) is 0 Å². The average Bonchev–Trinajstić information content (AvgIpc) is 3.06. The summed E-state index contributed by atoms with van der Waals surface area (Å²) in [6.45, 7) is 2.79. The first-order chi connectivity index (χ1) is 11.2. The molecule has 3 rings (SSSR count). The molecule has 0 aliphatic heterocycles. The normalized spacial score (nSPS) is 15.6. The maximum atomic E-state index is 12.8. The zero-order valence-corrected chi connectivity index (χ0v) is 14.9. The van der Waals surface area contributed by atoms with E-state index in [-0.39, 0.29) is 5.91 Å². The Morgan fingerprint density at radius 1 is 1.30 bits per heavy atom. The highest BCUT2D eigenvalue weighted by molar-refractivity contribution is 7.13. The number of carbonyl (C=O) groups is 1. The van der Waals surface area contributed by atoms with Gasteiger partial charge in [-0.25, -0.2) is 4.98 Å². The SMILES string of the molecule is CCN(C(=O)c1csc(-c2ccccc2Cl)n1)C1CCCCC1. The third-order valence-electron chi connectivity index (χ3n) is 4.44. The van der Waals surface area contributed by atoms with Crippen LogP contribution in [-0.2, 0) is 0 Å². The van der Waals surface area contributed by atoms with Crippen molar-refractivity contribution in [2.45, 2.75) is 45.1 Å². The minimum absolute atomic E-state index is 0.0500. The summed E-state index contributed by atoms with van der Waals surface area (Å²) < 4.78 is 0. The monoisotopic (exact) mass is 348 g/mol. The van der Waals surface area contributed by atoms with Gasteiger partial charge in [-0.05, 0) is 25.8 Å². The van der Waals surface area contributed by atoms with Gasteiger partial charge in [0.2, 0.25) is 0 Å². The molecule has 0 atom stereocenters. The lowest BCUT2D eigenvalue weighted by Crippen LogP contribution is -2.41. The molecular weight excluding hydrogens is 328 g/mol. The van der Waals surface area contributed by atoms with Gasteiger partial charge >= 0.3 is 0 Å². The van der Waals surface area contributed by atoms with Crippen LogP contribution in [0.15, 0.2) is 29.6 Å². The predicted molar refractivity (Wildman–Crippen MR) is 96.1 cm³/mol. The summed E-state index contributed by atoms with van der Waals surface area (Å²) in [4.78, 5) is 19.4. The lowest BCUT2D eigenvalue weighted by molar-refractivity contribution is 0.0643. The number of benzene rings is 1. The molecule has 1 amide bonds. The van der Waals surface area contributed by atoms with E-state index >= 15 is 0 Å². The van der Waals surface area contributed by atoms with Gasteiger partial charge in [0.15, 0.2) is 0 Å². The Morgan fingerprint density at radius 3 is 2.74 bits per heavy atom. The van der Waals surface area contributed by atoms with E-state index in [1.165, 1.54) is 30.6 Å². The van der Waals surface area contributed by atoms with Gasteiger partial charge in [-0.3, -0.25) is 4.79 Å². The molecule has 122 valence electrons. The molecule has 5 heteroatoms. The minimum atomic E-state index is 0.0500. The second-order valence-corrected chi connectivity index (χ2v) is 7.17. The third-order valence-corrected chi connectivity index (χ3v) is 5.65. The maximum Gasteiger partial charge on any atom is 0.273 e. The van der Waals surface area contributed by atoms with E-state index in [1.54, 1.807) is 0 Å². The van der Waals surface area contributed by atoms with Gasteiger partial charge in [-0.15, -0.1) is 11.3 Å². The molecule has 0 bridgehead atoms. The van der Waals surface area contributed by atoms with Gasteiger partial charge in [0, 0.05) is 23.5 Å². The Morgan fingerprint density at radius 2 is 2.04 bits per heavy atom. The van der Waals surface area contributed by atoms with Crippen molar-refractivity contribution in [2.75, 3.05) is 6.54 Å². The maximum absolute atomic E-state index is 12.8. The fourth-order valence-electron chi connectivity index (χ4n) is 3.24. The van der Waals surface area contributed by atoms with Crippen molar-refractivity contribution in [1.82, 2.24) is 9.88 Å². The number of amides is 1. The van der Waals surface area contributed by atoms with Crippen LogP contribution in [0.25, 0.3) is 10.6 Å². The van der Waals surface area contributed by atoms with Gasteiger partial charge in [-0.1, -0.05) is 49.1 Å². The van der Waals surface area contributed by atoms with Crippen molar-refractivity contribution < 1.29 is 4.79 Å². The fourth-order valence-corrected chi connectivity index (χ4v) is 4.35. The zero-order valence-electron chi connectivity index (χ0n) is 13.3. The topological polar surface area (TPSA) is 33.2 Å². The third kappa shape index (κ3) is 3.59. The molecule has 0 radical (unpaired) electrons. The second kappa shape index (κ2) is 7.45. The Bertz CT molecular complexity index is 679. The molecule has 3 nitrogen and oxygen atoms in total. The first-order valence-electron chi connectivity index (χ1n) is 8.22. The quantitative estimate of drug-likeness (QED) is 0.755. The van der Waals surface area contributed by atoms with Gasteiger partial charge in [0.1, 0.15) is 10.7 Å². The zero-order chi connectivity index (χ0) is 16.2. The van der Waals surface area contributed by atoms with Gasteiger partial charge < -0.3 is 4.90 Å². The van der Waals surface area contributed by atoms with Crippen LogP contribution in [-0.4, -0.2) is 28.4 Å². The van der Waals surface area contributed by atoms with Crippen molar-refractivity contribution in [1.29, 1.82) is 0 Å². The summed E-state index contributed by atoms with van der Waals surface area (Å²) >= 11 is 7.71. The van der Waals surface area contributed by atoms with Crippen molar-refractivity contribution in [3.8, 4) is 10.6 Å². The summed E-state index contributed by atoms with van der Waals surface area (Å²) in [6, 6.07) is 7.98. The minimum Gasteiger partial charge on any atom is -0.335 e. The standard InChI is InChI=1S/C18H21ClN2OS/c1-2-21(13-8-4-3-5-9-13)18(22)16-12-23-17(20-16)14-10-6-7-11-15(14)19/h6-7,10-13H,2-5,8-9H2,1H3. The number of hydrogen-bond donors (Lipinski definition) is 0. The molecule has 1 aliphatic rings. The largest absolute Gasteiger partial charge is 0.335 e. The van der Waals surface area contributed by atoms with Crippen molar-refractivity contribution in [2.24, 2.45) is 0 Å². The molecule has 0 spiro atoms. The van der Waals surface area contributed by atoms with Crippen molar-refractivity contribution in [3.05, 3.63) is 40.4 Å². The lowest BCUT2D eigenvalue weighted by Gasteiger charge is -2.33. The van der Waals surface area contributed by atoms with E-state index in [0.29, 0.717) is 16.8 Å². The van der Waals surface area contributed by atoms with Crippen LogP contribution in [0.2, 0.25) is 5.02 Å². The van der Waals surface area contributed by atoms with E-state index < -0.39 is 0 Å². The van der Waals surface area contributed by atoms with Crippen LogP contribution in [0.1, 0.15) is 49.5 Å². The van der Waals surface area contributed by atoms with Crippen LogP contribution in [0, 0.1) is 0 Å². The van der Waals surface area contributed by atoms with E-state index in [4.69, 9.17) is 11.6 Å². The number of carbonyl (C=O) groups excluding carboxylic acids is 1. The molecule has 0 saturated heterocycles. The fraction of sp³-hybridized carbons (Fsp3) is 0.444. The summed E-state index contributed by atoms with van der Waals surface area (Å²) in [6.07, 6.45) is 5.95. The number of halogens is 1. The van der Waals surface area contributed by atoms with Crippen molar-refractivity contribution >= 4 is 28.8 Å².